The first-order valence-corrected chi connectivity index (χ1v) is 9.97. The molecule has 0 unspecified atom stereocenters. The summed E-state index contributed by atoms with van der Waals surface area (Å²) in [4.78, 5) is 37.3. The summed E-state index contributed by atoms with van der Waals surface area (Å²) in [5.74, 6) is -4.14. The van der Waals surface area contributed by atoms with Gasteiger partial charge in [-0.3, -0.25) is 9.59 Å². The van der Waals surface area contributed by atoms with Crippen molar-refractivity contribution >= 4 is 29.2 Å². The molecule has 0 spiro atoms. The average Bonchev–Trinajstić information content (AvgIpc) is 3.14. The minimum absolute atomic E-state index is 0.878. The van der Waals surface area contributed by atoms with Crippen LogP contribution in [0.1, 0.15) is 18.5 Å². The summed E-state index contributed by atoms with van der Waals surface area (Å²) in [6.45, 7) is 1.03. The van der Waals surface area contributed by atoms with Crippen LogP contribution in [-0.2, 0) is 20.8 Å². The molecule has 0 aliphatic rings. The third-order valence-electron chi connectivity index (χ3n) is 3.99. The zero-order chi connectivity index (χ0) is 23.6. The molecule has 0 aliphatic carbocycles. The van der Waals surface area contributed by atoms with Crippen LogP contribution in [0.4, 0.5) is 0 Å². The van der Waals surface area contributed by atoms with Gasteiger partial charge in [-0.25, -0.2) is 9.78 Å². The van der Waals surface area contributed by atoms with E-state index < -0.39 is 36.4 Å². The fourth-order valence-electron chi connectivity index (χ4n) is 2.34. The number of hydrogen-bond donors (Lipinski definition) is 4. The van der Waals surface area contributed by atoms with E-state index in [2.05, 4.69) is 29.4 Å². The van der Waals surface area contributed by atoms with Crippen LogP contribution < -0.4 is 4.74 Å². The smallest absolute Gasteiger partial charge is 0.336 e. The average molecular weight is 455 g/mol. The van der Waals surface area contributed by atoms with Gasteiger partial charge in [0.1, 0.15) is 10.8 Å². The molecule has 170 valence electrons. The maximum Gasteiger partial charge on any atom is 0.336 e. The number of aliphatic carboxylic acids is 3. The van der Waals surface area contributed by atoms with Gasteiger partial charge in [-0.15, -0.1) is 11.3 Å². The van der Waals surface area contributed by atoms with Crippen molar-refractivity contribution < 1.29 is 39.5 Å². The first-order valence-electron chi connectivity index (χ1n) is 9.09. The van der Waals surface area contributed by atoms with Crippen LogP contribution in [0.2, 0.25) is 0 Å². The molecule has 1 heterocycles. The Balaban J connectivity index is 0.000000330. The summed E-state index contributed by atoms with van der Waals surface area (Å²) in [7, 11) is 5.84. The second-order valence-electron chi connectivity index (χ2n) is 6.90. The zero-order valence-corrected chi connectivity index (χ0v) is 18.3. The van der Waals surface area contributed by atoms with Gasteiger partial charge >= 0.3 is 17.9 Å². The number of rotatable bonds is 10. The highest BCUT2D eigenvalue weighted by molar-refractivity contribution is 7.13. The van der Waals surface area contributed by atoms with Crippen molar-refractivity contribution in [1.29, 1.82) is 0 Å². The second-order valence-corrected chi connectivity index (χ2v) is 7.76. The Morgan fingerprint density at radius 1 is 1.06 bits per heavy atom. The molecule has 0 amide bonds. The van der Waals surface area contributed by atoms with E-state index in [4.69, 9.17) is 25.2 Å². The van der Waals surface area contributed by atoms with Crippen LogP contribution in [0, 0.1) is 0 Å². The van der Waals surface area contributed by atoms with E-state index in [1.807, 2.05) is 24.3 Å². The number of carbonyl (C=O) groups is 3. The molecule has 0 bridgehead atoms. The lowest BCUT2D eigenvalue weighted by Gasteiger charge is -2.18. The number of aromatic nitrogens is 1. The van der Waals surface area contributed by atoms with Gasteiger partial charge in [-0.2, -0.15) is 0 Å². The first-order chi connectivity index (χ1) is 14.5. The standard InChI is InChI=1S/C14H18N2OS.C6H8O7/c1-16(2)9-8-12-10-18-14(15-12)11-4-6-13(17-3)7-5-11;7-3(8)1-6(13,5(11)12)2-4(9)10/h4-7,10H,8-9H2,1-3H3;13H,1-2H2,(H,7,8)(H,9,10)(H,11,12). The van der Waals surface area contributed by atoms with Gasteiger partial charge in [-0.05, 0) is 38.4 Å². The van der Waals surface area contributed by atoms with Crippen molar-refractivity contribution in [2.45, 2.75) is 24.9 Å². The quantitative estimate of drug-likeness (QED) is 0.416. The third kappa shape index (κ3) is 9.11. The fourth-order valence-corrected chi connectivity index (χ4v) is 3.20. The monoisotopic (exact) mass is 454 g/mol. The summed E-state index contributed by atoms with van der Waals surface area (Å²) in [6, 6.07) is 8.03. The Morgan fingerprint density at radius 2 is 1.61 bits per heavy atom. The molecule has 0 atom stereocenters. The highest BCUT2D eigenvalue weighted by Gasteiger charge is 2.40. The van der Waals surface area contributed by atoms with Gasteiger partial charge in [0.15, 0.2) is 5.60 Å². The minimum Gasteiger partial charge on any atom is -0.497 e. The fraction of sp³-hybridized carbons (Fsp3) is 0.400. The SMILES string of the molecule is COc1ccc(-c2nc(CCN(C)C)cs2)cc1.O=C(O)CC(O)(CC(=O)O)C(=O)O. The van der Waals surface area contributed by atoms with Crippen LogP contribution >= 0.6 is 11.3 Å². The van der Waals surface area contributed by atoms with Crippen LogP contribution in [-0.4, -0.2) is 81.6 Å². The normalized spacial score (nSPS) is 10.9. The Hall–Kier alpha value is -3.02. The van der Waals surface area contributed by atoms with E-state index >= 15 is 0 Å². The van der Waals surface area contributed by atoms with E-state index in [9.17, 15) is 14.4 Å². The van der Waals surface area contributed by atoms with Crippen molar-refractivity contribution in [3.63, 3.8) is 0 Å². The molecule has 1 aromatic heterocycles. The summed E-state index contributed by atoms with van der Waals surface area (Å²) in [5, 5.41) is 37.0. The first kappa shape index (κ1) is 26.0. The molecule has 10 nitrogen and oxygen atoms in total. The number of benzene rings is 1. The molecule has 31 heavy (non-hydrogen) atoms. The predicted octanol–water partition coefficient (Wildman–Crippen LogP) is 1.67. The summed E-state index contributed by atoms with van der Waals surface area (Å²) in [6.07, 6.45) is -1.29. The molecule has 2 rings (SSSR count). The lowest BCUT2D eigenvalue weighted by atomic mass is 9.96. The second kappa shape index (κ2) is 12.0. The Morgan fingerprint density at radius 3 is 2.03 bits per heavy atom. The third-order valence-corrected chi connectivity index (χ3v) is 4.93. The van der Waals surface area contributed by atoms with Gasteiger partial charge in [0.05, 0.1) is 25.6 Å². The number of nitrogens with zero attached hydrogens (tertiary/aromatic N) is 2. The molecule has 0 radical (unpaired) electrons. The number of carboxylic acids is 3. The van der Waals surface area contributed by atoms with Gasteiger partial charge in [0.25, 0.3) is 0 Å². The summed E-state index contributed by atoms with van der Waals surface area (Å²) < 4.78 is 5.15. The topological polar surface area (TPSA) is 157 Å². The lowest BCUT2D eigenvalue weighted by Crippen LogP contribution is -2.42. The lowest BCUT2D eigenvalue weighted by molar-refractivity contribution is -0.170. The van der Waals surface area contributed by atoms with E-state index in [0.29, 0.717) is 0 Å². The van der Waals surface area contributed by atoms with Gasteiger partial charge in [0.2, 0.25) is 0 Å². The number of likely N-dealkylation sites (N-methyl/N-ethyl adjacent to an activating group) is 1. The maximum absolute atomic E-state index is 10.3. The molecule has 4 N–H and O–H groups in total. The van der Waals surface area contributed by atoms with Gasteiger partial charge in [-0.1, -0.05) is 0 Å². The van der Waals surface area contributed by atoms with Crippen molar-refractivity contribution in [1.82, 2.24) is 9.88 Å². The number of carboxylic acid groups (broad SMARTS) is 3. The van der Waals surface area contributed by atoms with E-state index in [1.165, 1.54) is 5.69 Å². The number of hydrogen-bond acceptors (Lipinski definition) is 8. The van der Waals surface area contributed by atoms with E-state index in [1.54, 1.807) is 18.4 Å². The molecular weight excluding hydrogens is 428 g/mol. The van der Waals surface area contributed by atoms with Crippen LogP contribution in [0.5, 0.6) is 5.75 Å². The zero-order valence-electron chi connectivity index (χ0n) is 17.4. The summed E-state index contributed by atoms with van der Waals surface area (Å²) >= 11 is 1.70. The van der Waals surface area contributed by atoms with Crippen LogP contribution in [0.25, 0.3) is 10.6 Å². The molecule has 0 saturated heterocycles. The van der Waals surface area contributed by atoms with Crippen molar-refractivity contribution in [3.8, 4) is 16.3 Å². The Kier molecular flexibility index (Phi) is 10.1. The van der Waals surface area contributed by atoms with Crippen molar-refractivity contribution in [2.75, 3.05) is 27.7 Å². The number of methoxy groups -OCH3 is 1. The molecule has 0 aliphatic heterocycles. The highest BCUT2D eigenvalue weighted by Crippen LogP contribution is 2.25. The number of thiazole rings is 1. The molecule has 0 fully saturated rings. The van der Waals surface area contributed by atoms with E-state index in [0.717, 1.165) is 29.3 Å². The van der Waals surface area contributed by atoms with Crippen LogP contribution in [0.3, 0.4) is 0 Å². The Labute approximate surface area is 183 Å². The van der Waals surface area contributed by atoms with Crippen molar-refractivity contribution in [3.05, 3.63) is 35.3 Å². The minimum atomic E-state index is -2.74. The highest BCUT2D eigenvalue weighted by atomic mass is 32.1. The molecule has 0 saturated carbocycles. The van der Waals surface area contributed by atoms with E-state index in [-0.39, 0.29) is 0 Å². The molecular formula is C20H26N2O8S. The van der Waals surface area contributed by atoms with Crippen LogP contribution in [0.15, 0.2) is 29.6 Å². The van der Waals surface area contributed by atoms with Crippen molar-refractivity contribution in [2.24, 2.45) is 0 Å². The number of aliphatic hydroxyl groups is 1. The summed E-state index contributed by atoms with van der Waals surface area (Å²) in [5.41, 5.74) is -0.422. The molecule has 1 aromatic carbocycles. The van der Waals surface area contributed by atoms with Gasteiger partial charge < -0.3 is 30.1 Å². The van der Waals surface area contributed by atoms with Gasteiger partial charge in [0, 0.05) is 23.9 Å². The predicted molar refractivity (Wildman–Crippen MR) is 113 cm³/mol. The maximum atomic E-state index is 10.3. The largest absolute Gasteiger partial charge is 0.497 e. The number of ether oxygens (including phenoxy) is 1. The Bertz CT molecular complexity index is 864. The molecule has 11 heteroatoms. The molecule has 2 aromatic rings.